The summed E-state index contributed by atoms with van der Waals surface area (Å²) in [5, 5.41) is 2.27. The van der Waals surface area contributed by atoms with Crippen LogP contribution in [0, 0.1) is 0 Å². The Labute approximate surface area is 543 Å². The SMILES string of the molecule is CCCCCCCCCCOc1ccc(-c2cc3cc(OCCCCCCCCCC)c(OCCCCCCCCCC)cc3cc2-c2ccc(OCCCCCCCCCC)c(OCCCCCCCCCC)c2)cc1OCCCCCCCCCC. The first-order valence-corrected chi connectivity index (χ1v) is 38.2. The Bertz CT molecular complexity index is 2090. The maximum Gasteiger partial charge on any atom is 0.161 e. The van der Waals surface area contributed by atoms with Gasteiger partial charge in [0.1, 0.15) is 0 Å². The Morgan fingerprint density at radius 3 is 0.580 bits per heavy atom. The van der Waals surface area contributed by atoms with Crippen LogP contribution in [0.3, 0.4) is 0 Å². The van der Waals surface area contributed by atoms with Crippen molar-refractivity contribution in [3.05, 3.63) is 60.7 Å². The zero-order valence-corrected chi connectivity index (χ0v) is 58.4. The van der Waals surface area contributed by atoms with E-state index in [1.807, 2.05) is 0 Å². The Balaban J connectivity index is 1.76. The van der Waals surface area contributed by atoms with Gasteiger partial charge in [-0.1, -0.05) is 323 Å². The Kier molecular flexibility index (Phi) is 46.5. The molecule has 0 saturated heterocycles. The number of ether oxygens (including phenoxy) is 6. The molecule has 0 spiro atoms. The number of rotatable bonds is 62. The van der Waals surface area contributed by atoms with Crippen LogP contribution in [0.4, 0.5) is 0 Å². The van der Waals surface area contributed by atoms with Crippen molar-refractivity contribution >= 4 is 10.8 Å². The molecule has 4 aromatic rings. The molecule has 0 atom stereocenters. The van der Waals surface area contributed by atoms with Crippen molar-refractivity contribution in [2.75, 3.05) is 39.6 Å². The lowest BCUT2D eigenvalue weighted by Crippen LogP contribution is -2.04. The van der Waals surface area contributed by atoms with E-state index < -0.39 is 0 Å². The molecule has 500 valence electrons. The van der Waals surface area contributed by atoms with Gasteiger partial charge in [0.25, 0.3) is 0 Å². The van der Waals surface area contributed by atoms with Crippen LogP contribution >= 0.6 is 0 Å². The number of fused-ring (bicyclic) bond motifs is 1. The summed E-state index contributed by atoms with van der Waals surface area (Å²) in [5.41, 5.74) is 4.50. The molecule has 0 saturated carbocycles. The fraction of sp³-hybridized carbons (Fsp3) is 0.732. The lowest BCUT2D eigenvalue weighted by Gasteiger charge is -2.19. The predicted molar refractivity (Wildman–Crippen MR) is 383 cm³/mol. The quantitative estimate of drug-likeness (QED) is 0.0411. The molecule has 0 aliphatic carbocycles. The van der Waals surface area contributed by atoms with Crippen molar-refractivity contribution < 1.29 is 28.4 Å². The van der Waals surface area contributed by atoms with Gasteiger partial charge in [-0.3, -0.25) is 0 Å². The maximum atomic E-state index is 6.84. The van der Waals surface area contributed by atoms with E-state index in [0.29, 0.717) is 39.6 Å². The third kappa shape index (κ3) is 34.9. The smallest absolute Gasteiger partial charge is 0.161 e. The fourth-order valence-corrected chi connectivity index (χ4v) is 12.3. The van der Waals surface area contributed by atoms with Crippen molar-refractivity contribution in [1.82, 2.24) is 0 Å². The standard InChI is InChI=1S/C82H136O6/c1-7-13-19-25-31-37-43-49-59-83-77-57-55-71(67-79(77)85-61-51-45-39-33-27-21-15-9-3)75-65-73-69-81(87-63-53-47-41-35-29-23-17-11-5)82(88-64-54-48-42-36-30-24-18-12-6)70-74(73)66-76(75)72-56-58-78(84-60-50-44-38-32-26-20-14-8-2)80(68-72)86-62-52-46-40-34-28-22-16-10-4/h55-58,65-70H,7-54,59-64H2,1-6H3. The highest BCUT2D eigenvalue weighted by Crippen LogP contribution is 2.44. The summed E-state index contributed by atoms with van der Waals surface area (Å²) in [6.07, 6.45) is 60.9. The number of hydrogen-bond donors (Lipinski definition) is 0. The second kappa shape index (κ2) is 53.6. The zero-order chi connectivity index (χ0) is 62.4. The molecule has 0 N–H and O–H groups in total. The van der Waals surface area contributed by atoms with E-state index >= 15 is 0 Å². The Morgan fingerprint density at radius 2 is 0.364 bits per heavy atom. The van der Waals surface area contributed by atoms with Gasteiger partial charge >= 0.3 is 0 Å². The van der Waals surface area contributed by atoms with Crippen molar-refractivity contribution in [2.45, 2.75) is 350 Å². The topological polar surface area (TPSA) is 55.4 Å². The summed E-state index contributed by atoms with van der Waals surface area (Å²) >= 11 is 0. The molecule has 88 heavy (non-hydrogen) atoms. The first kappa shape index (κ1) is 76.4. The zero-order valence-electron chi connectivity index (χ0n) is 58.4. The minimum Gasteiger partial charge on any atom is -0.490 e. The van der Waals surface area contributed by atoms with Gasteiger partial charge in [0, 0.05) is 0 Å². The molecule has 0 unspecified atom stereocenters. The van der Waals surface area contributed by atoms with Gasteiger partial charge in [0.05, 0.1) is 39.6 Å². The summed E-state index contributed by atoms with van der Waals surface area (Å²) in [6, 6.07) is 22.7. The number of hydrogen-bond acceptors (Lipinski definition) is 6. The van der Waals surface area contributed by atoms with Crippen LogP contribution in [-0.4, -0.2) is 39.6 Å². The fourth-order valence-electron chi connectivity index (χ4n) is 12.3. The van der Waals surface area contributed by atoms with Crippen molar-refractivity contribution in [2.24, 2.45) is 0 Å². The van der Waals surface area contributed by atoms with E-state index in [1.54, 1.807) is 0 Å². The second-order valence-electron chi connectivity index (χ2n) is 26.3. The van der Waals surface area contributed by atoms with Gasteiger partial charge < -0.3 is 28.4 Å². The summed E-state index contributed by atoms with van der Waals surface area (Å²) in [7, 11) is 0. The molecule has 0 aromatic heterocycles. The molecule has 0 radical (unpaired) electrons. The lowest BCUT2D eigenvalue weighted by molar-refractivity contribution is 0.258. The van der Waals surface area contributed by atoms with E-state index in [2.05, 4.69) is 102 Å². The van der Waals surface area contributed by atoms with Gasteiger partial charge in [-0.15, -0.1) is 0 Å². The maximum absolute atomic E-state index is 6.84. The van der Waals surface area contributed by atoms with Gasteiger partial charge in [-0.25, -0.2) is 0 Å². The molecule has 0 bridgehead atoms. The van der Waals surface area contributed by atoms with E-state index in [0.717, 1.165) is 106 Å². The van der Waals surface area contributed by atoms with Gasteiger partial charge in [-0.2, -0.15) is 0 Å². The third-order valence-corrected chi connectivity index (χ3v) is 18.1. The summed E-state index contributed by atoms with van der Waals surface area (Å²) in [4.78, 5) is 0. The minimum absolute atomic E-state index is 0.679. The molecule has 4 aromatic carbocycles. The van der Waals surface area contributed by atoms with Crippen LogP contribution in [-0.2, 0) is 0 Å². The Hall–Kier alpha value is -4.06. The number of unbranched alkanes of at least 4 members (excludes halogenated alkanes) is 42. The molecule has 0 heterocycles. The third-order valence-electron chi connectivity index (χ3n) is 18.1. The van der Waals surface area contributed by atoms with Crippen molar-refractivity contribution in [1.29, 1.82) is 0 Å². The van der Waals surface area contributed by atoms with E-state index in [-0.39, 0.29) is 0 Å². The molecule has 6 nitrogen and oxygen atoms in total. The highest BCUT2D eigenvalue weighted by Gasteiger charge is 2.19. The predicted octanol–water partition coefficient (Wildman–Crippen LogP) is 27.3. The minimum atomic E-state index is 0.679. The van der Waals surface area contributed by atoms with E-state index in [4.69, 9.17) is 28.4 Å². The molecular formula is C82H136O6. The van der Waals surface area contributed by atoms with Crippen LogP contribution in [0.5, 0.6) is 34.5 Å². The highest BCUT2D eigenvalue weighted by atomic mass is 16.5. The van der Waals surface area contributed by atoms with Gasteiger partial charge in [0.15, 0.2) is 34.5 Å². The first-order chi connectivity index (χ1) is 43.6. The molecule has 6 heteroatoms. The monoisotopic (exact) mass is 1220 g/mol. The Morgan fingerprint density at radius 1 is 0.182 bits per heavy atom. The molecule has 4 rings (SSSR count). The van der Waals surface area contributed by atoms with Crippen LogP contribution in [0.1, 0.15) is 350 Å². The molecule has 0 aliphatic heterocycles. The highest BCUT2D eigenvalue weighted by molar-refractivity contribution is 5.98. The summed E-state index contributed by atoms with van der Waals surface area (Å²) in [6.45, 7) is 17.9. The average Bonchev–Trinajstić information content (AvgIpc) is 1.25. The van der Waals surface area contributed by atoms with Crippen LogP contribution < -0.4 is 28.4 Å². The van der Waals surface area contributed by atoms with E-state index in [9.17, 15) is 0 Å². The average molecular weight is 1220 g/mol. The largest absolute Gasteiger partial charge is 0.490 e. The van der Waals surface area contributed by atoms with Crippen LogP contribution in [0.25, 0.3) is 33.0 Å². The molecule has 0 fully saturated rings. The first-order valence-electron chi connectivity index (χ1n) is 38.2. The number of benzene rings is 4. The molecular weight excluding hydrogens is 1080 g/mol. The summed E-state index contributed by atoms with van der Waals surface area (Å²) in [5.74, 6) is 5.06. The van der Waals surface area contributed by atoms with Crippen LogP contribution in [0.15, 0.2) is 60.7 Å². The van der Waals surface area contributed by atoms with Gasteiger partial charge in [-0.05, 0) is 120 Å². The summed E-state index contributed by atoms with van der Waals surface area (Å²) < 4.78 is 40.6. The van der Waals surface area contributed by atoms with Gasteiger partial charge in [0.2, 0.25) is 0 Å². The van der Waals surface area contributed by atoms with Crippen LogP contribution in [0.2, 0.25) is 0 Å². The molecule has 0 amide bonds. The normalized spacial score (nSPS) is 11.5. The lowest BCUT2D eigenvalue weighted by atomic mass is 9.91. The van der Waals surface area contributed by atoms with Crippen molar-refractivity contribution in [3.63, 3.8) is 0 Å². The van der Waals surface area contributed by atoms with Crippen molar-refractivity contribution in [3.8, 4) is 56.8 Å². The second-order valence-corrected chi connectivity index (χ2v) is 26.3. The van der Waals surface area contributed by atoms with E-state index in [1.165, 1.54) is 270 Å². The molecule has 0 aliphatic rings.